The van der Waals surface area contributed by atoms with Crippen LogP contribution in [0.4, 0.5) is 0 Å². The molecule has 0 heterocycles. The Kier molecular flexibility index (Phi) is 24.6. The molecule has 0 aliphatic rings. The third kappa shape index (κ3) is 21.2. The first-order valence-electron chi connectivity index (χ1n) is 25.9. The van der Waals surface area contributed by atoms with Crippen molar-refractivity contribution >= 4 is 47.0 Å². The Labute approximate surface area is 457 Å². The summed E-state index contributed by atoms with van der Waals surface area (Å²) in [6.45, 7) is 12.2. The van der Waals surface area contributed by atoms with Crippen LogP contribution in [0.1, 0.15) is 183 Å². The maximum Gasteiger partial charge on any atom is 0.305 e. The number of esters is 2. The first-order valence-corrected chi connectivity index (χ1v) is 25.9. The second kappa shape index (κ2) is 29.3. The van der Waals surface area contributed by atoms with E-state index in [4.69, 9.17) is 19.7 Å². The van der Waals surface area contributed by atoms with Crippen LogP contribution in [0.15, 0.2) is 97.1 Å². The van der Waals surface area contributed by atoms with Gasteiger partial charge >= 0.3 is 23.9 Å². The number of ether oxygens (including phenoxy) is 2. The molecular weight excluding hydrogens is 1000 g/mol. The van der Waals surface area contributed by atoms with E-state index in [1.54, 1.807) is 97.1 Å². The van der Waals surface area contributed by atoms with E-state index in [0.29, 0.717) is 61.0 Å². The number of carbonyl (C=O) groups is 8. The summed E-state index contributed by atoms with van der Waals surface area (Å²) >= 11 is 0. The number of unbranched alkanes of at least 4 members (excludes halogenated alkanes) is 2. The van der Waals surface area contributed by atoms with Crippen molar-refractivity contribution in [2.45, 2.75) is 141 Å². The zero-order chi connectivity index (χ0) is 58.8. The Morgan fingerprint density at radius 2 is 0.590 bits per heavy atom. The van der Waals surface area contributed by atoms with Gasteiger partial charge in [-0.3, -0.25) is 48.2 Å². The van der Waals surface area contributed by atoms with E-state index in [1.165, 1.54) is 55.4 Å². The molecule has 0 bridgehead atoms. The van der Waals surface area contributed by atoms with Crippen LogP contribution in [-0.2, 0) is 28.7 Å². The molecule has 424 valence electrons. The van der Waals surface area contributed by atoms with Crippen LogP contribution in [0.2, 0.25) is 0 Å². The minimum Gasteiger partial charge on any atom is -0.481 e. The number of Topliss-reactive ketones (excluding diaryl/α,β-unsaturated/α-hetero) is 4. The van der Waals surface area contributed by atoms with Gasteiger partial charge in [-0.25, -0.2) is 0 Å². The summed E-state index contributed by atoms with van der Waals surface area (Å²) in [7, 11) is 3.71. The number of aliphatic hydroxyl groups is 4. The van der Waals surface area contributed by atoms with E-state index in [1.807, 2.05) is 23.9 Å². The van der Waals surface area contributed by atoms with Gasteiger partial charge in [-0.1, -0.05) is 97.1 Å². The predicted octanol–water partition coefficient (Wildman–Crippen LogP) is 7.61. The van der Waals surface area contributed by atoms with Gasteiger partial charge in [0, 0.05) is 61.0 Å². The third-order valence-corrected chi connectivity index (χ3v) is 12.5. The van der Waals surface area contributed by atoms with Gasteiger partial charge in [0.1, 0.15) is 35.6 Å². The molecule has 0 spiro atoms. The molecule has 0 fully saturated rings. The fourth-order valence-electron chi connectivity index (χ4n) is 8.18. The first kappa shape index (κ1) is 65.5. The molecule has 0 amide bonds. The lowest BCUT2D eigenvalue weighted by Gasteiger charge is -2.29. The summed E-state index contributed by atoms with van der Waals surface area (Å²) < 4.78 is 11.1. The highest BCUT2D eigenvalue weighted by Gasteiger charge is 2.30. The summed E-state index contributed by atoms with van der Waals surface area (Å²) in [6, 6.07) is 26.8. The van der Waals surface area contributed by atoms with Crippen molar-refractivity contribution in [3.05, 3.63) is 142 Å². The number of benzene rings is 4. The van der Waals surface area contributed by atoms with Crippen LogP contribution >= 0.6 is 0 Å². The van der Waals surface area contributed by atoms with Gasteiger partial charge < -0.3 is 40.1 Å². The minimum absolute atomic E-state index is 0.0628. The average Bonchev–Trinajstić information content (AvgIpc) is 3.36. The van der Waals surface area contributed by atoms with E-state index in [2.05, 4.69) is 0 Å². The molecule has 4 aromatic rings. The summed E-state index contributed by atoms with van der Waals surface area (Å²) in [4.78, 5) is 100. The molecule has 18 heteroatoms. The second-order valence-electron chi connectivity index (χ2n) is 21.4. The molecular formula is C60H78N2O16. The van der Waals surface area contributed by atoms with E-state index in [-0.39, 0.29) is 51.0 Å². The SMILES string of the molecule is CN(CCOC(=O)CCCCC(=O)OCCN(C)C(c1ccc(C(=O)C(C)(C)O)cc1)c1ccc(C(=O)C(C)(C)O)cc1)C(c1ccc(C(=O)C(C)(C)O)cc1)c1ccc(C(=O)C(C)(C)O)cc1.O=C(O)CCCCC(=O)O. The molecule has 4 rings (SSSR count). The summed E-state index contributed by atoms with van der Waals surface area (Å²) in [5, 5.41) is 57.2. The fourth-order valence-corrected chi connectivity index (χ4v) is 8.18. The molecule has 0 saturated carbocycles. The molecule has 6 N–H and O–H groups in total. The number of rotatable bonds is 30. The number of nitrogens with zero attached hydrogens (tertiary/aromatic N) is 2. The van der Waals surface area contributed by atoms with Crippen molar-refractivity contribution in [3.63, 3.8) is 0 Å². The van der Waals surface area contributed by atoms with Gasteiger partial charge in [-0.15, -0.1) is 0 Å². The van der Waals surface area contributed by atoms with Crippen LogP contribution in [0.5, 0.6) is 0 Å². The zero-order valence-corrected chi connectivity index (χ0v) is 46.5. The van der Waals surface area contributed by atoms with Crippen LogP contribution in [0.3, 0.4) is 0 Å². The maximum absolute atomic E-state index is 12.8. The van der Waals surface area contributed by atoms with Crippen LogP contribution < -0.4 is 0 Å². The lowest BCUT2D eigenvalue weighted by molar-refractivity contribution is -0.146. The maximum atomic E-state index is 12.8. The molecule has 0 aromatic heterocycles. The topological polar surface area (TPSA) is 283 Å². The van der Waals surface area contributed by atoms with Crippen LogP contribution in [0.25, 0.3) is 0 Å². The Balaban J connectivity index is 0.00000145. The van der Waals surface area contributed by atoms with Gasteiger partial charge in [0.15, 0.2) is 23.1 Å². The van der Waals surface area contributed by atoms with E-state index >= 15 is 0 Å². The van der Waals surface area contributed by atoms with E-state index in [9.17, 15) is 58.8 Å². The molecule has 0 unspecified atom stereocenters. The van der Waals surface area contributed by atoms with Crippen molar-refractivity contribution < 1.29 is 78.5 Å². The highest BCUT2D eigenvalue weighted by Crippen LogP contribution is 2.31. The first-order chi connectivity index (χ1) is 36.2. The van der Waals surface area contributed by atoms with Gasteiger partial charge in [0.2, 0.25) is 0 Å². The van der Waals surface area contributed by atoms with Crippen molar-refractivity contribution in [3.8, 4) is 0 Å². The lowest BCUT2D eigenvalue weighted by Crippen LogP contribution is -2.32. The van der Waals surface area contributed by atoms with E-state index < -0.39 is 69.4 Å². The van der Waals surface area contributed by atoms with Crippen LogP contribution in [0, 0.1) is 0 Å². The molecule has 18 nitrogen and oxygen atoms in total. The third-order valence-electron chi connectivity index (χ3n) is 12.5. The van der Waals surface area contributed by atoms with Gasteiger partial charge in [0.25, 0.3) is 0 Å². The number of carboxylic acid groups (broad SMARTS) is 2. The fraction of sp³-hybridized carbons (Fsp3) is 0.467. The number of hydrogen-bond acceptors (Lipinski definition) is 16. The van der Waals surface area contributed by atoms with Crippen molar-refractivity contribution in [1.29, 1.82) is 0 Å². The number of carbonyl (C=O) groups excluding carboxylic acids is 6. The molecule has 0 saturated heterocycles. The number of aliphatic carboxylic acids is 2. The van der Waals surface area contributed by atoms with Gasteiger partial charge in [-0.2, -0.15) is 0 Å². The second-order valence-corrected chi connectivity index (χ2v) is 21.4. The number of hydrogen-bond donors (Lipinski definition) is 6. The lowest BCUT2D eigenvalue weighted by atomic mass is 9.91. The normalized spacial score (nSPS) is 12.0. The predicted molar refractivity (Wildman–Crippen MR) is 291 cm³/mol. The smallest absolute Gasteiger partial charge is 0.305 e. The largest absolute Gasteiger partial charge is 0.481 e. The molecule has 4 aromatic carbocycles. The highest BCUT2D eigenvalue weighted by molar-refractivity contribution is 6.03. The number of likely N-dealkylation sites (N-methyl/N-ethyl adjacent to an activating group) is 2. The summed E-state index contributed by atoms with van der Waals surface area (Å²) in [5.74, 6) is -4.27. The Bertz CT molecular complexity index is 2330. The highest BCUT2D eigenvalue weighted by atomic mass is 16.5. The number of ketones is 4. The molecule has 78 heavy (non-hydrogen) atoms. The standard InChI is InChI=1S/C54H68N2O12.C6H10O4/c1-51(2,63)47(59)39-23-15-35(16-24-39)45(36-17-25-40(26-18-36)48(60)52(3,4)64)55(9)31-33-67-43(57)13-11-12-14-44(58)68-34-32-56(10)46(37-19-27-41(28-20-37)49(61)53(5,6)65)38-21-29-42(30-22-38)50(62)54(7,8)66;7-5(8)3-1-2-4-6(9)10/h15-30,45-46,63-66H,11-14,31-34H2,1-10H3;1-4H2,(H,7,8)(H,9,10). The van der Waals surface area contributed by atoms with E-state index in [0.717, 1.165) is 22.3 Å². The zero-order valence-electron chi connectivity index (χ0n) is 46.5. The summed E-state index contributed by atoms with van der Waals surface area (Å²) in [6.07, 6.45) is 2.01. The van der Waals surface area contributed by atoms with Crippen LogP contribution in [-0.4, -0.2) is 150 Å². The monoisotopic (exact) mass is 1080 g/mol. The van der Waals surface area contributed by atoms with Gasteiger partial charge in [-0.05, 0) is 117 Å². The molecule has 0 aliphatic heterocycles. The summed E-state index contributed by atoms with van der Waals surface area (Å²) in [5.41, 5.74) is -1.54. The molecule has 0 aliphatic carbocycles. The minimum atomic E-state index is -1.54. The van der Waals surface area contributed by atoms with Gasteiger partial charge in [0.05, 0.1) is 12.1 Å². The van der Waals surface area contributed by atoms with Crippen molar-refractivity contribution in [2.75, 3.05) is 40.4 Å². The average molecular weight is 1080 g/mol. The Morgan fingerprint density at radius 3 is 0.782 bits per heavy atom. The molecule has 0 radical (unpaired) electrons. The number of carboxylic acids is 2. The van der Waals surface area contributed by atoms with Crippen molar-refractivity contribution in [1.82, 2.24) is 9.80 Å². The molecule has 0 atom stereocenters. The van der Waals surface area contributed by atoms with Crippen molar-refractivity contribution in [2.24, 2.45) is 0 Å². The quantitative estimate of drug-likeness (QED) is 0.0166. The Morgan fingerprint density at radius 1 is 0.385 bits per heavy atom. The Hall–Kier alpha value is -6.80.